The molecule has 0 aromatic heterocycles. The number of anilines is 1. The molecule has 5 heteroatoms. The zero-order chi connectivity index (χ0) is 19.8. The Morgan fingerprint density at radius 3 is 2.48 bits per heavy atom. The maximum Gasteiger partial charge on any atom is 0.225 e. The highest BCUT2D eigenvalue weighted by atomic mass is 35.5. The molecule has 1 fully saturated rings. The molecule has 29 heavy (non-hydrogen) atoms. The molecule has 0 unspecified atom stereocenters. The molecule has 1 heterocycles. The van der Waals surface area contributed by atoms with Crippen LogP contribution in [0.15, 0.2) is 54.6 Å². The van der Waals surface area contributed by atoms with Gasteiger partial charge in [0.05, 0.1) is 19.6 Å². The minimum Gasteiger partial charge on any atom is -1.00 e. The van der Waals surface area contributed by atoms with Gasteiger partial charge in [-0.15, -0.1) is 0 Å². The lowest BCUT2D eigenvalue weighted by atomic mass is 10.1. The van der Waals surface area contributed by atoms with Gasteiger partial charge in [0.25, 0.3) is 0 Å². The van der Waals surface area contributed by atoms with Gasteiger partial charge < -0.3 is 22.6 Å². The number of carbonyl (C=O) groups is 1. The van der Waals surface area contributed by atoms with Crippen molar-refractivity contribution in [3.63, 3.8) is 0 Å². The lowest BCUT2D eigenvalue weighted by Gasteiger charge is -2.31. The first-order valence-corrected chi connectivity index (χ1v) is 10.2. The largest absolute Gasteiger partial charge is 1.00 e. The molecule has 3 rings (SSSR count). The van der Waals surface area contributed by atoms with E-state index in [2.05, 4.69) is 66.5 Å². The van der Waals surface area contributed by atoms with Crippen molar-refractivity contribution in [1.82, 2.24) is 4.90 Å². The molecule has 0 spiro atoms. The summed E-state index contributed by atoms with van der Waals surface area (Å²) in [6.45, 7) is 10.5. The number of nitrogens with one attached hydrogen (secondary N) is 2. The van der Waals surface area contributed by atoms with Crippen LogP contribution in [0.25, 0.3) is 6.08 Å². The molecule has 1 saturated heterocycles. The van der Waals surface area contributed by atoms with Crippen molar-refractivity contribution in [2.24, 2.45) is 0 Å². The van der Waals surface area contributed by atoms with Crippen LogP contribution in [-0.4, -0.2) is 50.1 Å². The normalized spacial score (nSPS) is 15.2. The van der Waals surface area contributed by atoms with E-state index in [-0.39, 0.29) is 18.3 Å². The minimum absolute atomic E-state index is 0. The van der Waals surface area contributed by atoms with Crippen LogP contribution in [0.1, 0.15) is 23.1 Å². The number of quaternary nitrogens is 1. The Kier molecular flexibility index (Phi) is 9.39. The number of piperazine rings is 1. The van der Waals surface area contributed by atoms with Gasteiger partial charge in [-0.1, -0.05) is 42.5 Å². The van der Waals surface area contributed by atoms with Gasteiger partial charge in [0, 0.05) is 31.7 Å². The fourth-order valence-electron chi connectivity index (χ4n) is 3.53. The van der Waals surface area contributed by atoms with Crippen LogP contribution in [0.4, 0.5) is 5.69 Å². The first kappa shape index (κ1) is 23.1. The number of rotatable bonds is 7. The van der Waals surface area contributed by atoms with E-state index >= 15 is 0 Å². The van der Waals surface area contributed by atoms with E-state index in [1.54, 1.807) is 4.90 Å². The van der Waals surface area contributed by atoms with Gasteiger partial charge >= 0.3 is 0 Å². The first-order valence-electron chi connectivity index (χ1n) is 10.2. The summed E-state index contributed by atoms with van der Waals surface area (Å²) in [6, 6.07) is 16.5. The van der Waals surface area contributed by atoms with Crippen molar-refractivity contribution >= 4 is 17.7 Å². The standard InChI is InChI=1S/C24H31N3O.ClH/c1-20-10-11-23(19-21(20)2)25-24(28)12-14-27-17-15-26(16-18-27)13-6-9-22-7-4-3-5-8-22;/h3-11,19H,12-18H2,1-2H3,(H,25,28);1H. The number of nitrogens with zero attached hydrogens (tertiary/aromatic N) is 1. The average molecular weight is 414 g/mol. The van der Waals surface area contributed by atoms with Crippen molar-refractivity contribution in [2.45, 2.75) is 20.3 Å². The summed E-state index contributed by atoms with van der Waals surface area (Å²) in [4.78, 5) is 16.3. The van der Waals surface area contributed by atoms with Gasteiger partial charge in [0.1, 0.15) is 0 Å². The van der Waals surface area contributed by atoms with Crippen LogP contribution in [-0.2, 0) is 4.79 Å². The van der Waals surface area contributed by atoms with Gasteiger partial charge in [0.15, 0.2) is 0 Å². The van der Waals surface area contributed by atoms with Crippen LogP contribution in [0.5, 0.6) is 0 Å². The second-order valence-electron chi connectivity index (χ2n) is 7.71. The van der Waals surface area contributed by atoms with Crippen LogP contribution in [0.2, 0.25) is 0 Å². The number of benzene rings is 2. The quantitative estimate of drug-likeness (QED) is 0.645. The van der Waals surface area contributed by atoms with Crippen LogP contribution >= 0.6 is 0 Å². The molecule has 156 valence electrons. The topological polar surface area (TPSA) is 36.8 Å². The lowest BCUT2D eigenvalue weighted by molar-refractivity contribution is -0.898. The molecule has 4 nitrogen and oxygen atoms in total. The van der Waals surface area contributed by atoms with Crippen LogP contribution in [0, 0.1) is 13.8 Å². The molecule has 1 aliphatic heterocycles. The third kappa shape index (κ3) is 7.65. The van der Waals surface area contributed by atoms with Crippen molar-refractivity contribution in [1.29, 1.82) is 0 Å². The predicted molar refractivity (Wildman–Crippen MR) is 117 cm³/mol. The number of carbonyl (C=O) groups excluding carboxylic acids is 1. The highest BCUT2D eigenvalue weighted by Crippen LogP contribution is 2.14. The maximum absolute atomic E-state index is 12.2. The van der Waals surface area contributed by atoms with E-state index in [0.717, 1.165) is 45.0 Å². The zero-order valence-electron chi connectivity index (χ0n) is 17.5. The van der Waals surface area contributed by atoms with Crippen LogP contribution in [0.3, 0.4) is 0 Å². The van der Waals surface area contributed by atoms with Crippen molar-refractivity contribution in [3.05, 3.63) is 71.3 Å². The Labute approximate surface area is 181 Å². The molecule has 0 atom stereocenters. The number of aryl methyl sites for hydroxylation is 2. The number of amides is 1. The summed E-state index contributed by atoms with van der Waals surface area (Å²) in [5.41, 5.74) is 4.61. The molecule has 2 aromatic rings. The lowest BCUT2D eigenvalue weighted by Crippen LogP contribution is -3.14. The Morgan fingerprint density at radius 2 is 1.79 bits per heavy atom. The van der Waals surface area contributed by atoms with Crippen molar-refractivity contribution in [2.75, 3.05) is 44.6 Å². The van der Waals surface area contributed by atoms with E-state index in [0.29, 0.717) is 6.42 Å². The third-order valence-electron chi connectivity index (χ3n) is 5.53. The van der Waals surface area contributed by atoms with Gasteiger partial charge in [-0.3, -0.25) is 9.69 Å². The second kappa shape index (κ2) is 11.8. The molecule has 1 amide bonds. The molecular weight excluding hydrogens is 382 g/mol. The Balaban J connectivity index is 0.00000300. The molecule has 2 aromatic carbocycles. The summed E-state index contributed by atoms with van der Waals surface area (Å²) < 4.78 is 0. The zero-order valence-corrected chi connectivity index (χ0v) is 18.2. The van der Waals surface area contributed by atoms with E-state index in [1.807, 2.05) is 18.2 Å². The smallest absolute Gasteiger partial charge is 0.225 e. The molecule has 1 aliphatic rings. The van der Waals surface area contributed by atoms with Crippen molar-refractivity contribution < 1.29 is 22.1 Å². The molecule has 0 bridgehead atoms. The summed E-state index contributed by atoms with van der Waals surface area (Å²) in [5, 5.41) is 3.02. The van der Waals surface area contributed by atoms with E-state index < -0.39 is 0 Å². The minimum atomic E-state index is 0. The van der Waals surface area contributed by atoms with E-state index in [4.69, 9.17) is 0 Å². The van der Waals surface area contributed by atoms with Gasteiger partial charge in [0.2, 0.25) is 5.91 Å². The number of hydrogen-bond acceptors (Lipinski definition) is 2. The molecule has 0 saturated carbocycles. The number of halogens is 1. The molecule has 2 N–H and O–H groups in total. The predicted octanol–water partition coefficient (Wildman–Crippen LogP) is -0.450. The third-order valence-corrected chi connectivity index (χ3v) is 5.53. The molecular formula is C24H32ClN3O. The van der Waals surface area contributed by atoms with Gasteiger partial charge in [-0.05, 0) is 48.7 Å². The summed E-state index contributed by atoms with van der Waals surface area (Å²) >= 11 is 0. The fraction of sp³-hybridized carbons (Fsp3) is 0.375. The second-order valence-corrected chi connectivity index (χ2v) is 7.71. The first-order chi connectivity index (χ1) is 13.6. The van der Waals surface area contributed by atoms with E-state index in [9.17, 15) is 4.79 Å². The van der Waals surface area contributed by atoms with Gasteiger partial charge in [-0.2, -0.15) is 0 Å². The molecule has 0 radical (unpaired) electrons. The Bertz CT molecular complexity index is 799. The average Bonchev–Trinajstić information content (AvgIpc) is 2.71. The summed E-state index contributed by atoms with van der Waals surface area (Å²) in [5.74, 6) is 0.101. The summed E-state index contributed by atoms with van der Waals surface area (Å²) in [7, 11) is 0. The highest BCUT2D eigenvalue weighted by molar-refractivity contribution is 5.90. The number of hydrogen-bond donors (Lipinski definition) is 2. The monoisotopic (exact) mass is 413 g/mol. The van der Waals surface area contributed by atoms with Gasteiger partial charge in [-0.25, -0.2) is 0 Å². The summed E-state index contributed by atoms with van der Waals surface area (Å²) in [6.07, 6.45) is 5.03. The fourth-order valence-corrected chi connectivity index (χ4v) is 3.53. The Morgan fingerprint density at radius 1 is 1.07 bits per heavy atom. The van der Waals surface area contributed by atoms with E-state index in [1.165, 1.54) is 16.7 Å². The van der Waals surface area contributed by atoms with Crippen LogP contribution < -0.4 is 22.6 Å². The SMILES string of the molecule is Cc1ccc(NC(=O)CCN2CC[NH+](CC=Cc3ccccc3)CC2)cc1C.[Cl-]. The maximum atomic E-state index is 12.2. The molecule has 0 aliphatic carbocycles. The highest BCUT2D eigenvalue weighted by Gasteiger charge is 2.19. The Hall–Kier alpha value is -2.14. The van der Waals surface area contributed by atoms with Crippen molar-refractivity contribution in [3.8, 4) is 0 Å².